The lowest BCUT2D eigenvalue weighted by molar-refractivity contribution is -0.146. The monoisotopic (exact) mass is 355 g/mol. The number of carbonyl (C=O) groups excluding carboxylic acids is 2. The molecule has 0 bridgehead atoms. The first kappa shape index (κ1) is 17.0. The number of hydrogen-bond acceptors (Lipinski definition) is 4. The van der Waals surface area contributed by atoms with Crippen LogP contribution in [0.3, 0.4) is 0 Å². The molecule has 2 aliphatic rings. The molecule has 2 fully saturated rings. The van der Waals surface area contributed by atoms with Gasteiger partial charge in [-0.15, -0.1) is 0 Å². The summed E-state index contributed by atoms with van der Waals surface area (Å²) < 4.78 is 2.01. The van der Waals surface area contributed by atoms with E-state index in [1.54, 1.807) is 11.2 Å². The van der Waals surface area contributed by atoms with Gasteiger partial charge in [0.25, 0.3) is 0 Å². The van der Waals surface area contributed by atoms with Crippen molar-refractivity contribution in [2.75, 3.05) is 32.7 Å². The molecule has 1 unspecified atom stereocenters. The van der Waals surface area contributed by atoms with Crippen molar-refractivity contribution in [1.82, 2.24) is 24.7 Å². The molecule has 7 nitrogen and oxygen atoms in total. The summed E-state index contributed by atoms with van der Waals surface area (Å²) in [6, 6.07) is 7.55. The molecule has 0 radical (unpaired) electrons. The molecule has 7 heteroatoms. The van der Waals surface area contributed by atoms with E-state index in [1.807, 2.05) is 33.7 Å². The van der Waals surface area contributed by atoms with Crippen LogP contribution in [0, 0.1) is 0 Å². The number of benzene rings is 1. The second kappa shape index (κ2) is 7.45. The molecule has 2 aromatic rings. The summed E-state index contributed by atoms with van der Waals surface area (Å²) in [6.07, 6.45) is 4.29. The Morgan fingerprint density at radius 3 is 2.81 bits per heavy atom. The van der Waals surface area contributed by atoms with Gasteiger partial charge in [-0.05, 0) is 25.0 Å². The summed E-state index contributed by atoms with van der Waals surface area (Å²) in [7, 11) is 0. The molecule has 1 atom stereocenters. The molecular formula is C19H25N5O2. The van der Waals surface area contributed by atoms with Crippen molar-refractivity contribution in [2.24, 2.45) is 0 Å². The van der Waals surface area contributed by atoms with Crippen LogP contribution in [0.1, 0.15) is 19.3 Å². The van der Waals surface area contributed by atoms with Gasteiger partial charge in [0.1, 0.15) is 6.04 Å². The predicted octanol–water partition coefficient (Wildman–Crippen LogP) is 0.849. The number of aromatic nitrogens is 2. The zero-order chi connectivity index (χ0) is 17.9. The maximum absolute atomic E-state index is 12.9. The Balaban J connectivity index is 1.42. The smallest absolute Gasteiger partial charge is 0.246 e. The van der Waals surface area contributed by atoms with Crippen LogP contribution in [-0.2, 0) is 16.1 Å². The molecule has 0 aliphatic carbocycles. The number of aryl methyl sites for hydroxylation is 1. The van der Waals surface area contributed by atoms with Crippen LogP contribution in [0.2, 0.25) is 0 Å². The van der Waals surface area contributed by atoms with Crippen LogP contribution >= 0.6 is 0 Å². The van der Waals surface area contributed by atoms with E-state index in [1.165, 1.54) is 0 Å². The normalized spacial score (nSPS) is 20.7. The van der Waals surface area contributed by atoms with Gasteiger partial charge in [0.2, 0.25) is 11.8 Å². The first-order valence-electron chi connectivity index (χ1n) is 9.43. The van der Waals surface area contributed by atoms with Gasteiger partial charge in [-0.3, -0.25) is 9.59 Å². The van der Waals surface area contributed by atoms with E-state index in [9.17, 15) is 9.59 Å². The van der Waals surface area contributed by atoms with E-state index in [0.29, 0.717) is 26.1 Å². The lowest BCUT2D eigenvalue weighted by Gasteiger charge is -2.37. The Hall–Kier alpha value is -2.41. The number of nitrogens with zero attached hydrogens (tertiary/aromatic N) is 4. The van der Waals surface area contributed by atoms with Crippen LogP contribution in [0.4, 0.5) is 0 Å². The summed E-state index contributed by atoms with van der Waals surface area (Å²) in [5.74, 6) is 0.137. The van der Waals surface area contributed by atoms with Gasteiger partial charge in [0.05, 0.1) is 17.4 Å². The van der Waals surface area contributed by atoms with Crippen molar-refractivity contribution in [3.63, 3.8) is 0 Å². The average molecular weight is 355 g/mol. The Bertz CT molecular complexity index is 796. The van der Waals surface area contributed by atoms with Gasteiger partial charge in [-0.1, -0.05) is 12.1 Å². The van der Waals surface area contributed by atoms with Gasteiger partial charge in [0, 0.05) is 45.7 Å². The number of piperazine rings is 1. The van der Waals surface area contributed by atoms with Gasteiger partial charge >= 0.3 is 0 Å². The van der Waals surface area contributed by atoms with Crippen LogP contribution in [0.5, 0.6) is 0 Å². The standard InChI is InChI=1S/C19H25N5O2/c25-18(7-11-23-14-21-15-5-1-2-6-16(15)23)24-12-8-20-13-17(24)19(26)22-9-3-4-10-22/h1-2,5-6,14,17,20H,3-4,7-13H2. The third-order valence-corrected chi connectivity index (χ3v) is 5.36. The number of carbonyl (C=O) groups is 2. The van der Waals surface area contributed by atoms with Crippen LogP contribution in [-0.4, -0.2) is 69.9 Å². The number of fused-ring (bicyclic) bond motifs is 1. The number of rotatable bonds is 4. The third-order valence-electron chi connectivity index (χ3n) is 5.36. The van der Waals surface area contributed by atoms with E-state index in [4.69, 9.17) is 0 Å². The van der Waals surface area contributed by atoms with E-state index >= 15 is 0 Å². The Kier molecular flexibility index (Phi) is 4.88. The molecule has 2 aliphatic heterocycles. The van der Waals surface area contributed by atoms with Crippen molar-refractivity contribution in [1.29, 1.82) is 0 Å². The lowest BCUT2D eigenvalue weighted by atomic mass is 10.1. The zero-order valence-electron chi connectivity index (χ0n) is 14.9. The minimum Gasteiger partial charge on any atom is -0.341 e. The van der Waals surface area contributed by atoms with E-state index in [0.717, 1.165) is 43.5 Å². The van der Waals surface area contributed by atoms with Gasteiger partial charge in [0.15, 0.2) is 0 Å². The molecular weight excluding hydrogens is 330 g/mol. The van der Waals surface area contributed by atoms with Gasteiger partial charge in [-0.25, -0.2) is 4.98 Å². The molecule has 0 spiro atoms. The minimum absolute atomic E-state index is 0.0434. The summed E-state index contributed by atoms with van der Waals surface area (Å²) in [6.45, 7) is 4.09. The highest BCUT2D eigenvalue weighted by Gasteiger charge is 2.35. The maximum Gasteiger partial charge on any atom is 0.246 e. The summed E-state index contributed by atoms with van der Waals surface area (Å²) in [4.78, 5) is 33.7. The SMILES string of the molecule is O=C(C1CNCCN1C(=O)CCn1cnc2ccccc21)N1CCCC1. The fourth-order valence-electron chi connectivity index (χ4n) is 3.92. The number of para-hydroxylation sites is 2. The predicted molar refractivity (Wildman–Crippen MR) is 98.5 cm³/mol. The minimum atomic E-state index is -0.367. The summed E-state index contributed by atoms with van der Waals surface area (Å²) in [5, 5.41) is 3.26. The maximum atomic E-state index is 12.9. The van der Waals surface area contributed by atoms with Crippen molar-refractivity contribution >= 4 is 22.8 Å². The molecule has 2 amide bonds. The van der Waals surface area contributed by atoms with E-state index < -0.39 is 0 Å². The van der Waals surface area contributed by atoms with E-state index in [2.05, 4.69) is 10.3 Å². The molecule has 4 rings (SSSR count). The quantitative estimate of drug-likeness (QED) is 0.883. The number of imidazole rings is 1. The molecule has 3 heterocycles. The average Bonchev–Trinajstić information content (AvgIpc) is 3.35. The van der Waals surface area contributed by atoms with Crippen molar-refractivity contribution in [2.45, 2.75) is 31.8 Å². The number of amides is 2. The van der Waals surface area contributed by atoms with Crippen molar-refractivity contribution in [3.8, 4) is 0 Å². The Morgan fingerprint density at radius 1 is 1.15 bits per heavy atom. The zero-order valence-corrected chi connectivity index (χ0v) is 14.9. The molecule has 26 heavy (non-hydrogen) atoms. The van der Waals surface area contributed by atoms with Crippen LogP contribution in [0.25, 0.3) is 11.0 Å². The highest BCUT2D eigenvalue weighted by molar-refractivity contribution is 5.88. The second-order valence-electron chi connectivity index (χ2n) is 7.02. The topological polar surface area (TPSA) is 70.5 Å². The third kappa shape index (κ3) is 3.31. The molecule has 138 valence electrons. The Labute approximate surface area is 153 Å². The first-order valence-corrected chi connectivity index (χ1v) is 9.43. The number of hydrogen-bond donors (Lipinski definition) is 1. The highest BCUT2D eigenvalue weighted by atomic mass is 16.2. The molecule has 0 saturated carbocycles. The fraction of sp³-hybridized carbons (Fsp3) is 0.526. The Morgan fingerprint density at radius 2 is 1.96 bits per heavy atom. The molecule has 1 N–H and O–H groups in total. The first-order chi connectivity index (χ1) is 12.7. The van der Waals surface area contributed by atoms with Gasteiger partial charge in [-0.2, -0.15) is 0 Å². The molecule has 1 aromatic carbocycles. The number of likely N-dealkylation sites (tertiary alicyclic amines) is 1. The largest absolute Gasteiger partial charge is 0.341 e. The lowest BCUT2D eigenvalue weighted by Crippen LogP contribution is -2.60. The molecule has 1 aromatic heterocycles. The second-order valence-corrected chi connectivity index (χ2v) is 7.02. The van der Waals surface area contributed by atoms with Crippen molar-refractivity contribution in [3.05, 3.63) is 30.6 Å². The van der Waals surface area contributed by atoms with Crippen LogP contribution < -0.4 is 5.32 Å². The summed E-state index contributed by atoms with van der Waals surface area (Å²) >= 11 is 0. The van der Waals surface area contributed by atoms with Crippen LogP contribution in [0.15, 0.2) is 30.6 Å². The highest BCUT2D eigenvalue weighted by Crippen LogP contribution is 2.16. The molecule has 2 saturated heterocycles. The van der Waals surface area contributed by atoms with Crippen molar-refractivity contribution < 1.29 is 9.59 Å². The van der Waals surface area contributed by atoms with E-state index in [-0.39, 0.29) is 17.9 Å². The van der Waals surface area contributed by atoms with Gasteiger partial charge < -0.3 is 19.7 Å². The number of nitrogens with one attached hydrogen (secondary N) is 1. The summed E-state index contributed by atoms with van der Waals surface area (Å²) in [5.41, 5.74) is 1.97. The fourth-order valence-corrected chi connectivity index (χ4v) is 3.92.